The lowest BCUT2D eigenvalue weighted by Gasteiger charge is -2.10. The number of rotatable bonds is 4. The van der Waals surface area contributed by atoms with E-state index in [1.165, 1.54) is 0 Å². The van der Waals surface area contributed by atoms with E-state index in [9.17, 15) is 9.59 Å². The number of benzene rings is 2. The molecule has 1 N–H and O–H groups in total. The van der Waals surface area contributed by atoms with E-state index in [-0.39, 0.29) is 0 Å². The second-order valence-corrected chi connectivity index (χ2v) is 5.27. The number of hydrogen-bond acceptors (Lipinski definition) is 2. The van der Waals surface area contributed by atoms with Crippen LogP contribution in [0.15, 0.2) is 54.6 Å². The Morgan fingerprint density at radius 1 is 1.05 bits per heavy atom. The number of Topliss-reactive ketones (excluding diaryl/α,β-unsaturated/α-hetero) is 1. The lowest BCUT2D eigenvalue weighted by Crippen LogP contribution is -2.24. The molecule has 0 heterocycles. The van der Waals surface area contributed by atoms with Gasteiger partial charge in [0.05, 0.1) is 0 Å². The summed E-state index contributed by atoms with van der Waals surface area (Å²) in [7, 11) is 0. The lowest BCUT2D eigenvalue weighted by atomic mass is 10.0. The van der Waals surface area contributed by atoms with Crippen molar-refractivity contribution in [3.8, 4) is 0 Å². The molecule has 0 saturated carbocycles. The number of fused-ring (bicyclic) bond motifs is 1. The molecule has 3 heteroatoms. The second kappa shape index (κ2) is 5.98. The molecule has 1 amide bonds. The Balaban J connectivity index is 1.81. The average molecular weight is 291 g/mol. The first-order chi connectivity index (χ1) is 10.7. The summed E-state index contributed by atoms with van der Waals surface area (Å²) < 4.78 is 0. The molecule has 0 aliphatic heterocycles. The summed E-state index contributed by atoms with van der Waals surface area (Å²) in [6.45, 7) is 2.02. The largest absolute Gasteiger partial charge is 0.319 e. The molecule has 0 fully saturated rings. The highest BCUT2D eigenvalue weighted by Gasteiger charge is 2.25. The van der Waals surface area contributed by atoms with Crippen LogP contribution in [0.1, 0.15) is 23.6 Å². The zero-order valence-electron chi connectivity index (χ0n) is 12.4. The van der Waals surface area contributed by atoms with Crippen molar-refractivity contribution in [2.45, 2.75) is 19.8 Å². The highest BCUT2D eigenvalue weighted by Crippen LogP contribution is 2.28. The van der Waals surface area contributed by atoms with E-state index in [1.54, 1.807) is 0 Å². The van der Waals surface area contributed by atoms with Gasteiger partial charge < -0.3 is 5.32 Å². The number of aryl methyl sites for hydroxylation is 1. The highest BCUT2D eigenvalue weighted by atomic mass is 16.2. The van der Waals surface area contributed by atoms with Crippen LogP contribution < -0.4 is 5.32 Å². The van der Waals surface area contributed by atoms with Gasteiger partial charge in [-0.3, -0.25) is 9.59 Å². The third-order valence-electron chi connectivity index (χ3n) is 3.93. The predicted molar refractivity (Wildman–Crippen MR) is 87.6 cm³/mol. The fourth-order valence-corrected chi connectivity index (χ4v) is 2.75. The van der Waals surface area contributed by atoms with E-state index in [0.717, 1.165) is 23.1 Å². The van der Waals surface area contributed by atoms with Gasteiger partial charge in [-0.2, -0.15) is 0 Å². The minimum Gasteiger partial charge on any atom is -0.319 e. The Kier molecular flexibility index (Phi) is 3.88. The van der Waals surface area contributed by atoms with Crippen molar-refractivity contribution < 1.29 is 9.59 Å². The molecule has 110 valence electrons. The number of allylic oxidation sites excluding steroid dienone is 1. The minimum atomic E-state index is -0.580. The Morgan fingerprint density at radius 3 is 2.59 bits per heavy atom. The summed E-state index contributed by atoms with van der Waals surface area (Å²) in [6.07, 6.45) is 3.34. The minimum absolute atomic E-state index is 0.476. The van der Waals surface area contributed by atoms with Crippen LogP contribution in [0, 0.1) is 0 Å². The molecule has 2 aromatic carbocycles. The van der Waals surface area contributed by atoms with Crippen molar-refractivity contribution in [1.82, 2.24) is 0 Å². The fraction of sp³-hybridized carbons (Fsp3) is 0.158. The van der Waals surface area contributed by atoms with Gasteiger partial charge in [0.2, 0.25) is 0 Å². The van der Waals surface area contributed by atoms with Crippen LogP contribution in [0.2, 0.25) is 0 Å². The number of hydrogen-bond donors (Lipinski definition) is 1. The number of carbonyl (C=O) groups excluding carboxylic acids is 2. The molecule has 0 saturated heterocycles. The Hall–Kier alpha value is -2.68. The molecule has 0 atom stereocenters. The first-order valence-corrected chi connectivity index (χ1v) is 7.42. The van der Waals surface area contributed by atoms with E-state index in [2.05, 4.69) is 5.32 Å². The van der Waals surface area contributed by atoms with Crippen molar-refractivity contribution in [1.29, 1.82) is 0 Å². The number of ketones is 1. The summed E-state index contributed by atoms with van der Waals surface area (Å²) >= 11 is 0. The summed E-state index contributed by atoms with van der Waals surface area (Å²) in [5.41, 5.74) is 4.18. The van der Waals surface area contributed by atoms with Gasteiger partial charge in [-0.15, -0.1) is 0 Å². The molecule has 0 radical (unpaired) electrons. The van der Waals surface area contributed by atoms with Crippen molar-refractivity contribution in [2.24, 2.45) is 0 Å². The maximum absolute atomic E-state index is 12.4. The number of anilines is 1. The number of para-hydroxylation sites is 1. The van der Waals surface area contributed by atoms with Crippen LogP contribution >= 0.6 is 0 Å². The second-order valence-electron chi connectivity index (χ2n) is 5.27. The molecule has 0 unspecified atom stereocenters. The fourth-order valence-electron chi connectivity index (χ4n) is 2.75. The van der Waals surface area contributed by atoms with Gasteiger partial charge in [0, 0.05) is 11.3 Å². The quantitative estimate of drug-likeness (QED) is 0.878. The molecule has 22 heavy (non-hydrogen) atoms. The molecule has 0 spiro atoms. The van der Waals surface area contributed by atoms with Gasteiger partial charge in [0.25, 0.3) is 11.7 Å². The summed E-state index contributed by atoms with van der Waals surface area (Å²) in [6, 6.07) is 15.2. The van der Waals surface area contributed by atoms with E-state index in [1.807, 2.05) is 61.5 Å². The SMILES string of the molecule is CCc1ccccc1NC(=O)C(=O)C1=CCc2ccccc21. The maximum Gasteiger partial charge on any atom is 0.296 e. The average Bonchev–Trinajstić information content (AvgIpc) is 2.98. The molecule has 0 bridgehead atoms. The zero-order chi connectivity index (χ0) is 15.5. The molecule has 1 aliphatic carbocycles. The van der Waals surface area contributed by atoms with Gasteiger partial charge in [0.15, 0.2) is 0 Å². The summed E-state index contributed by atoms with van der Waals surface area (Å²) in [4.78, 5) is 24.7. The van der Waals surface area contributed by atoms with Gasteiger partial charge >= 0.3 is 0 Å². The summed E-state index contributed by atoms with van der Waals surface area (Å²) in [5.74, 6) is -1.06. The Morgan fingerprint density at radius 2 is 1.77 bits per heavy atom. The first-order valence-electron chi connectivity index (χ1n) is 7.42. The number of amides is 1. The third kappa shape index (κ3) is 2.58. The van der Waals surface area contributed by atoms with Gasteiger partial charge in [-0.05, 0) is 35.6 Å². The van der Waals surface area contributed by atoms with Crippen molar-refractivity contribution in [3.05, 3.63) is 71.3 Å². The zero-order valence-corrected chi connectivity index (χ0v) is 12.4. The van der Waals surface area contributed by atoms with Crippen molar-refractivity contribution in [2.75, 3.05) is 5.32 Å². The molecular formula is C19H17NO2. The number of nitrogens with one attached hydrogen (secondary N) is 1. The molecule has 3 nitrogen and oxygen atoms in total. The monoisotopic (exact) mass is 291 g/mol. The van der Waals surface area contributed by atoms with E-state index >= 15 is 0 Å². The van der Waals surface area contributed by atoms with Gasteiger partial charge in [-0.1, -0.05) is 55.5 Å². The van der Waals surface area contributed by atoms with E-state index < -0.39 is 11.7 Å². The molecule has 2 aromatic rings. The first kappa shape index (κ1) is 14.3. The van der Waals surface area contributed by atoms with Crippen LogP contribution in [0.25, 0.3) is 5.57 Å². The molecule has 1 aliphatic rings. The van der Waals surface area contributed by atoms with Crippen LogP contribution in [-0.2, 0) is 22.4 Å². The van der Waals surface area contributed by atoms with Gasteiger partial charge in [0.1, 0.15) is 0 Å². The Bertz CT molecular complexity index is 775. The van der Waals surface area contributed by atoms with Gasteiger partial charge in [-0.25, -0.2) is 0 Å². The molecule has 0 aromatic heterocycles. The summed E-state index contributed by atoms with van der Waals surface area (Å²) in [5, 5.41) is 2.74. The third-order valence-corrected chi connectivity index (χ3v) is 3.93. The lowest BCUT2D eigenvalue weighted by molar-refractivity contribution is -0.131. The predicted octanol–water partition coefficient (Wildman–Crippen LogP) is 3.40. The normalized spacial score (nSPS) is 12.5. The molecular weight excluding hydrogens is 274 g/mol. The van der Waals surface area contributed by atoms with Crippen LogP contribution in [0.3, 0.4) is 0 Å². The van der Waals surface area contributed by atoms with Crippen LogP contribution in [-0.4, -0.2) is 11.7 Å². The highest BCUT2D eigenvalue weighted by molar-refractivity contribution is 6.56. The standard InChI is InChI=1S/C19H17NO2/c1-2-13-7-4-6-10-17(13)20-19(22)18(21)16-12-11-14-8-3-5-9-15(14)16/h3-10,12H,2,11H2,1H3,(H,20,22). The topological polar surface area (TPSA) is 46.2 Å². The van der Waals surface area contributed by atoms with E-state index in [0.29, 0.717) is 17.7 Å². The van der Waals surface area contributed by atoms with E-state index in [4.69, 9.17) is 0 Å². The van der Waals surface area contributed by atoms with Crippen LogP contribution in [0.4, 0.5) is 5.69 Å². The maximum atomic E-state index is 12.4. The van der Waals surface area contributed by atoms with Crippen LogP contribution in [0.5, 0.6) is 0 Å². The van der Waals surface area contributed by atoms with Crippen molar-refractivity contribution >= 4 is 23.0 Å². The Labute approximate surface area is 129 Å². The van der Waals surface area contributed by atoms with Crippen molar-refractivity contribution in [3.63, 3.8) is 0 Å². The molecule has 3 rings (SSSR count). The smallest absolute Gasteiger partial charge is 0.296 e. The number of carbonyl (C=O) groups is 2.